The number of carbonyl (C=O) groups excluding carboxylic acids is 2. The van der Waals surface area contributed by atoms with Gasteiger partial charge in [0.2, 0.25) is 0 Å². The molecule has 0 N–H and O–H groups in total. The summed E-state index contributed by atoms with van der Waals surface area (Å²) in [5, 5.41) is 0. The zero-order chi connectivity index (χ0) is 16.9. The molecule has 0 amide bonds. The fourth-order valence-corrected chi connectivity index (χ4v) is 2.58. The van der Waals surface area contributed by atoms with Crippen molar-refractivity contribution in [2.24, 2.45) is 0 Å². The summed E-state index contributed by atoms with van der Waals surface area (Å²) in [6.45, 7) is 1.76. The average molecular weight is 326 g/mol. The highest BCUT2D eigenvalue weighted by molar-refractivity contribution is 5.96. The number of ether oxygens (including phenoxy) is 3. The maximum atomic E-state index is 12.0. The van der Waals surface area contributed by atoms with Crippen molar-refractivity contribution in [3.05, 3.63) is 59.7 Å². The van der Waals surface area contributed by atoms with Crippen molar-refractivity contribution in [2.45, 2.75) is 19.4 Å². The van der Waals surface area contributed by atoms with E-state index in [4.69, 9.17) is 14.2 Å². The highest BCUT2D eigenvalue weighted by Gasteiger charge is 2.29. The molecule has 2 aromatic carbocycles. The normalized spacial score (nSPS) is 15.3. The number of esters is 1. The number of rotatable bonds is 6. The van der Waals surface area contributed by atoms with Crippen LogP contribution in [0.15, 0.2) is 48.5 Å². The Bertz CT molecular complexity index is 728. The largest absolute Gasteiger partial charge is 0.489 e. The topological polar surface area (TPSA) is 61.8 Å². The van der Waals surface area contributed by atoms with Gasteiger partial charge in [-0.15, -0.1) is 0 Å². The van der Waals surface area contributed by atoms with Crippen LogP contribution in [-0.4, -0.2) is 31.1 Å². The molecule has 5 nitrogen and oxygen atoms in total. The number of benzene rings is 2. The van der Waals surface area contributed by atoms with Crippen molar-refractivity contribution in [1.82, 2.24) is 0 Å². The van der Waals surface area contributed by atoms with Gasteiger partial charge in [0.15, 0.2) is 11.9 Å². The van der Waals surface area contributed by atoms with Crippen LogP contribution in [0.25, 0.3) is 0 Å². The van der Waals surface area contributed by atoms with Crippen molar-refractivity contribution < 1.29 is 23.8 Å². The van der Waals surface area contributed by atoms with E-state index in [1.165, 1.54) is 6.92 Å². The number of para-hydroxylation sites is 2. The molecule has 0 saturated carbocycles. The molecule has 0 aromatic heterocycles. The second kappa shape index (κ2) is 7.17. The smallest absolute Gasteiger partial charge is 0.347 e. The highest BCUT2D eigenvalue weighted by Crippen LogP contribution is 2.28. The Morgan fingerprint density at radius 1 is 1.08 bits per heavy atom. The van der Waals surface area contributed by atoms with Crippen molar-refractivity contribution in [2.75, 3.05) is 13.2 Å². The van der Waals surface area contributed by atoms with E-state index >= 15 is 0 Å². The molecule has 1 aliphatic heterocycles. The summed E-state index contributed by atoms with van der Waals surface area (Å²) < 4.78 is 16.3. The summed E-state index contributed by atoms with van der Waals surface area (Å²) in [6.07, 6.45) is -0.0878. The number of hydrogen-bond donors (Lipinski definition) is 0. The Hall–Kier alpha value is -2.82. The second-order valence-corrected chi connectivity index (χ2v) is 5.49. The summed E-state index contributed by atoms with van der Waals surface area (Å²) in [5.41, 5.74) is 1.52. The summed E-state index contributed by atoms with van der Waals surface area (Å²) in [4.78, 5) is 23.6. The molecule has 24 heavy (non-hydrogen) atoms. The molecule has 1 aliphatic rings. The lowest BCUT2D eigenvalue weighted by Crippen LogP contribution is -2.28. The van der Waals surface area contributed by atoms with E-state index in [0.29, 0.717) is 17.7 Å². The van der Waals surface area contributed by atoms with Crippen LogP contribution in [0, 0.1) is 0 Å². The molecule has 0 unspecified atom stereocenters. The first kappa shape index (κ1) is 16.1. The lowest BCUT2D eigenvalue weighted by atomic mass is 10.1. The molecule has 0 spiro atoms. The summed E-state index contributed by atoms with van der Waals surface area (Å²) in [7, 11) is 0. The predicted octanol–water partition coefficient (Wildman–Crippen LogP) is 2.81. The number of carbonyl (C=O) groups is 2. The summed E-state index contributed by atoms with van der Waals surface area (Å²) >= 11 is 0. The molecule has 0 aliphatic carbocycles. The maximum absolute atomic E-state index is 12.0. The first-order chi connectivity index (χ1) is 11.6. The maximum Gasteiger partial charge on any atom is 0.347 e. The van der Waals surface area contributed by atoms with Crippen LogP contribution in [0.4, 0.5) is 0 Å². The Kier molecular flexibility index (Phi) is 4.79. The van der Waals surface area contributed by atoms with Crippen molar-refractivity contribution in [3.8, 4) is 11.5 Å². The van der Waals surface area contributed by atoms with Gasteiger partial charge in [-0.3, -0.25) is 4.79 Å². The van der Waals surface area contributed by atoms with Gasteiger partial charge in [0.25, 0.3) is 0 Å². The minimum Gasteiger partial charge on any atom is -0.489 e. The Labute approximate surface area is 140 Å². The highest BCUT2D eigenvalue weighted by atomic mass is 16.6. The van der Waals surface area contributed by atoms with Gasteiger partial charge in [0, 0.05) is 6.42 Å². The standard InChI is InChI=1S/C19H18O5/c1-13(20)15-7-3-5-9-17(15)22-10-11-23-19(21)18-12-14-6-2-4-8-16(14)24-18/h2-9,18H,10-12H2,1H3/t18-/m0/s1. The second-order valence-electron chi connectivity index (χ2n) is 5.49. The molecule has 1 atom stereocenters. The lowest BCUT2D eigenvalue weighted by molar-refractivity contribution is -0.151. The first-order valence-electron chi connectivity index (χ1n) is 7.79. The van der Waals surface area contributed by atoms with Gasteiger partial charge in [0.05, 0.1) is 5.56 Å². The van der Waals surface area contributed by atoms with E-state index in [0.717, 1.165) is 11.3 Å². The number of fused-ring (bicyclic) bond motifs is 1. The van der Waals surface area contributed by atoms with Crippen LogP contribution in [-0.2, 0) is 16.0 Å². The van der Waals surface area contributed by atoms with Gasteiger partial charge < -0.3 is 14.2 Å². The molecule has 0 fully saturated rings. The van der Waals surface area contributed by atoms with E-state index in [1.807, 2.05) is 24.3 Å². The molecule has 5 heteroatoms. The number of hydrogen-bond acceptors (Lipinski definition) is 5. The molecule has 2 aromatic rings. The molecule has 3 rings (SSSR count). The molecular weight excluding hydrogens is 308 g/mol. The fraction of sp³-hybridized carbons (Fsp3) is 0.263. The number of Topliss-reactive ketones (excluding diaryl/α,β-unsaturated/α-hetero) is 1. The van der Waals surface area contributed by atoms with Gasteiger partial charge in [-0.25, -0.2) is 4.79 Å². The van der Waals surface area contributed by atoms with Crippen LogP contribution in [0.5, 0.6) is 11.5 Å². The number of ketones is 1. The van der Waals surface area contributed by atoms with E-state index in [9.17, 15) is 9.59 Å². The van der Waals surface area contributed by atoms with Crippen LogP contribution in [0.2, 0.25) is 0 Å². The summed E-state index contributed by atoms with van der Waals surface area (Å²) in [6, 6.07) is 14.5. The van der Waals surface area contributed by atoms with E-state index in [1.54, 1.807) is 24.3 Å². The third kappa shape index (κ3) is 3.56. The van der Waals surface area contributed by atoms with Gasteiger partial charge >= 0.3 is 5.97 Å². The Morgan fingerprint density at radius 2 is 1.83 bits per heavy atom. The van der Waals surface area contributed by atoms with Crippen LogP contribution >= 0.6 is 0 Å². The predicted molar refractivity (Wildman–Crippen MR) is 87.5 cm³/mol. The van der Waals surface area contributed by atoms with Gasteiger partial charge in [-0.1, -0.05) is 30.3 Å². The zero-order valence-electron chi connectivity index (χ0n) is 13.4. The fourth-order valence-electron chi connectivity index (χ4n) is 2.58. The quantitative estimate of drug-likeness (QED) is 0.464. The minimum absolute atomic E-state index is 0.0697. The van der Waals surface area contributed by atoms with E-state index in [2.05, 4.69) is 0 Å². The molecule has 0 bridgehead atoms. The molecular formula is C19H18O5. The Morgan fingerprint density at radius 3 is 2.62 bits per heavy atom. The average Bonchev–Trinajstić information content (AvgIpc) is 3.03. The van der Waals surface area contributed by atoms with Gasteiger partial charge in [0.1, 0.15) is 24.7 Å². The molecule has 0 radical (unpaired) electrons. The summed E-state index contributed by atoms with van der Waals surface area (Å²) in [5.74, 6) is 0.742. The minimum atomic E-state index is -0.605. The Balaban J connectivity index is 1.46. The van der Waals surface area contributed by atoms with E-state index < -0.39 is 12.1 Å². The van der Waals surface area contributed by atoms with Crippen molar-refractivity contribution >= 4 is 11.8 Å². The lowest BCUT2D eigenvalue weighted by Gasteiger charge is -2.12. The third-order valence-electron chi connectivity index (χ3n) is 3.76. The molecule has 124 valence electrons. The SMILES string of the molecule is CC(=O)c1ccccc1OCCOC(=O)[C@@H]1Cc2ccccc2O1. The van der Waals surface area contributed by atoms with Crippen molar-refractivity contribution in [1.29, 1.82) is 0 Å². The van der Waals surface area contributed by atoms with Crippen LogP contribution in [0.3, 0.4) is 0 Å². The van der Waals surface area contributed by atoms with Crippen LogP contribution < -0.4 is 9.47 Å². The third-order valence-corrected chi connectivity index (χ3v) is 3.76. The van der Waals surface area contributed by atoms with Crippen LogP contribution in [0.1, 0.15) is 22.8 Å². The van der Waals surface area contributed by atoms with Crippen molar-refractivity contribution in [3.63, 3.8) is 0 Å². The monoisotopic (exact) mass is 326 g/mol. The van der Waals surface area contributed by atoms with E-state index in [-0.39, 0.29) is 19.0 Å². The van der Waals surface area contributed by atoms with Gasteiger partial charge in [-0.2, -0.15) is 0 Å². The zero-order valence-corrected chi connectivity index (χ0v) is 13.4. The molecule has 1 heterocycles. The molecule has 0 saturated heterocycles. The van der Waals surface area contributed by atoms with Gasteiger partial charge in [-0.05, 0) is 30.7 Å². The first-order valence-corrected chi connectivity index (χ1v) is 7.79.